The van der Waals surface area contributed by atoms with E-state index in [0.29, 0.717) is 19.0 Å². The number of benzene rings is 1. The van der Waals surface area contributed by atoms with Crippen LogP contribution in [0.15, 0.2) is 29.3 Å². The lowest BCUT2D eigenvalue weighted by Crippen LogP contribution is -2.42. The average Bonchev–Trinajstić information content (AvgIpc) is 3.23. The Morgan fingerprint density at radius 1 is 1.03 bits per heavy atom. The highest BCUT2D eigenvalue weighted by molar-refractivity contribution is 5.94. The van der Waals surface area contributed by atoms with Gasteiger partial charge in [-0.25, -0.2) is 4.99 Å². The maximum atomic E-state index is 12.6. The molecule has 0 atom stereocenters. The molecule has 160 valence electrons. The van der Waals surface area contributed by atoms with Crippen LogP contribution in [0.2, 0.25) is 0 Å². The molecule has 0 saturated carbocycles. The van der Waals surface area contributed by atoms with E-state index in [1.165, 1.54) is 0 Å². The van der Waals surface area contributed by atoms with Crippen LogP contribution in [0, 0.1) is 0 Å². The third-order valence-corrected chi connectivity index (χ3v) is 4.35. The molecule has 1 aliphatic rings. The zero-order chi connectivity index (χ0) is 21.3. The first kappa shape index (κ1) is 22.5. The molecule has 3 N–H and O–H groups in total. The molecule has 1 fully saturated rings. The van der Waals surface area contributed by atoms with E-state index in [-0.39, 0.29) is 24.6 Å². The summed E-state index contributed by atoms with van der Waals surface area (Å²) in [6.07, 6.45) is -2.39. The number of nitrogens with zero attached hydrogens (tertiary/aromatic N) is 2. The van der Waals surface area contributed by atoms with E-state index in [9.17, 15) is 22.8 Å². The SMILES string of the molecule is CCNC(=NCC(=O)N1CCCC1)NCCNC(=O)c1ccc(C(F)(F)F)cc1. The molecule has 1 aliphatic heterocycles. The van der Waals surface area contributed by atoms with Crippen LogP contribution in [0.3, 0.4) is 0 Å². The largest absolute Gasteiger partial charge is 0.416 e. The first-order valence-electron chi connectivity index (χ1n) is 9.56. The van der Waals surface area contributed by atoms with Gasteiger partial charge in [0, 0.05) is 38.3 Å². The molecular formula is C19H26F3N5O2. The van der Waals surface area contributed by atoms with E-state index in [2.05, 4.69) is 20.9 Å². The molecule has 0 radical (unpaired) electrons. The third-order valence-electron chi connectivity index (χ3n) is 4.35. The van der Waals surface area contributed by atoms with Crippen LogP contribution in [0.1, 0.15) is 35.7 Å². The van der Waals surface area contributed by atoms with Gasteiger partial charge in [-0.05, 0) is 44.0 Å². The number of guanidine groups is 1. The Labute approximate surface area is 167 Å². The van der Waals surface area contributed by atoms with E-state index in [1.807, 2.05) is 6.92 Å². The van der Waals surface area contributed by atoms with Crippen LogP contribution in [0.5, 0.6) is 0 Å². The average molecular weight is 413 g/mol. The molecule has 0 bridgehead atoms. The maximum absolute atomic E-state index is 12.6. The summed E-state index contributed by atoms with van der Waals surface area (Å²) in [5, 5.41) is 8.65. The lowest BCUT2D eigenvalue weighted by Gasteiger charge is -2.15. The van der Waals surface area contributed by atoms with Crippen molar-refractivity contribution in [3.05, 3.63) is 35.4 Å². The molecule has 2 rings (SSSR count). The van der Waals surface area contributed by atoms with Crippen LogP contribution in [-0.2, 0) is 11.0 Å². The summed E-state index contributed by atoms with van der Waals surface area (Å²) in [6.45, 7) is 4.68. The Morgan fingerprint density at radius 3 is 2.24 bits per heavy atom. The molecule has 29 heavy (non-hydrogen) atoms. The van der Waals surface area contributed by atoms with Crippen molar-refractivity contribution in [2.24, 2.45) is 4.99 Å². The number of likely N-dealkylation sites (tertiary alicyclic amines) is 1. The predicted octanol–water partition coefficient (Wildman–Crippen LogP) is 1.61. The standard InChI is InChI=1S/C19H26F3N5O2/c1-2-23-18(26-13-16(28)27-11-3-4-12-27)25-10-9-24-17(29)14-5-7-15(8-6-14)19(20,21)22/h5-8H,2-4,9-13H2,1H3,(H,24,29)(H2,23,25,26). The number of hydrogen-bond acceptors (Lipinski definition) is 3. The van der Waals surface area contributed by atoms with Crippen LogP contribution in [-0.4, -0.2) is 61.9 Å². The molecule has 1 heterocycles. The van der Waals surface area contributed by atoms with Gasteiger partial charge in [0.1, 0.15) is 6.54 Å². The fraction of sp³-hybridized carbons (Fsp3) is 0.526. The predicted molar refractivity (Wildman–Crippen MR) is 104 cm³/mol. The number of alkyl halides is 3. The topological polar surface area (TPSA) is 85.8 Å². The number of aliphatic imine (C=N–C) groups is 1. The molecular weight excluding hydrogens is 387 g/mol. The monoisotopic (exact) mass is 413 g/mol. The highest BCUT2D eigenvalue weighted by Gasteiger charge is 2.30. The second kappa shape index (κ2) is 10.7. The Kier molecular flexibility index (Phi) is 8.29. The summed E-state index contributed by atoms with van der Waals surface area (Å²) in [4.78, 5) is 30.1. The van der Waals surface area contributed by atoms with Gasteiger partial charge in [-0.1, -0.05) is 0 Å². The summed E-state index contributed by atoms with van der Waals surface area (Å²) in [7, 11) is 0. The van der Waals surface area contributed by atoms with E-state index in [4.69, 9.17) is 0 Å². The number of carbonyl (C=O) groups is 2. The minimum absolute atomic E-state index is 0.0182. The van der Waals surface area contributed by atoms with Gasteiger partial charge >= 0.3 is 6.18 Å². The number of rotatable bonds is 7. The van der Waals surface area contributed by atoms with E-state index >= 15 is 0 Å². The quantitative estimate of drug-likeness (QED) is 0.360. The van der Waals surface area contributed by atoms with Gasteiger partial charge in [0.2, 0.25) is 5.91 Å². The minimum atomic E-state index is -4.43. The van der Waals surface area contributed by atoms with Gasteiger partial charge < -0.3 is 20.9 Å². The smallest absolute Gasteiger partial charge is 0.357 e. The van der Waals surface area contributed by atoms with Gasteiger partial charge in [0.05, 0.1) is 5.56 Å². The molecule has 0 aliphatic carbocycles. The molecule has 10 heteroatoms. The molecule has 1 aromatic carbocycles. The van der Waals surface area contributed by atoms with Gasteiger partial charge in [-0.2, -0.15) is 13.2 Å². The van der Waals surface area contributed by atoms with Gasteiger partial charge in [0.25, 0.3) is 5.91 Å². The molecule has 2 amide bonds. The van der Waals surface area contributed by atoms with Gasteiger partial charge in [-0.3, -0.25) is 9.59 Å². The molecule has 0 spiro atoms. The number of hydrogen-bond donors (Lipinski definition) is 3. The minimum Gasteiger partial charge on any atom is -0.357 e. The summed E-state index contributed by atoms with van der Waals surface area (Å²) < 4.78 is 37.7. The summed E-state index contributed by atoms with van der Waals surface area (Å²) >= 11 is 0. The van der Waals surface area contributed by atoms with Crippen LogP contribution < -0.4 is 16.0 Å². The highest BCUT2D eigenvalue weighted by Crippen LogP contribution is 2.29. The van der Waals surface area contributed by atoms with Crippen molar-refractivity contribution in [1.82, 2.24) is 20.9 Å². The number of nitrogens with one attached hydrogen (secondary N) is 3. The lowest BCUT2D eigenvalue weighted by molar-refractivity contribution is -0.137. The van der Waals surface area contributed by atoms with Crippen LogP contribution in [0.4, 0.5) is 13.2 Å². The number of amides is 2. The van der Waals surface area contributed by atoms with Crippen molar-refractivity contribution < 1.29 is 22.8 Å². The molecule has 1 saturated heterocycles. The zero-order valence-electron chi connectivity index (χ0n) is 16.3. The zero-order valence-corrected chi connectivity index (χ0v) is 16.3. The summed E-state index contributed by atoms with van der Waals surface area (Å²) in [6, 6.07) is 4.03. The summed E-state index contributed by atoms with van der Waals surface area (Å²) in [5.74, 6) is -0.0224. The van der Waals surface area contributed by atoms with Crippen LogP contribution >= 0.6 is 0 Å². The normalized spacial score (nSPS) is 14.6. The van der Waals surface area contributed by atoms with Crippen molar-refractivity contribution in [1.29, 1.82) is 0 Å². The fourth-order valence-corrected chi connectivity index (χ4v) is 2.82. The van der Waals surface area contributed by atoms with E-state index in [0.717, 1.165) is 50.2 Å². The van der Waals surface area contributed by atoms with Crippen molar-refractivity contribution in [3.63, 3.8) is 0 Å². The third kappa shape index (κ3) is 7.28. The Hall–Kier alpha value is -2.78. The van der Waals surface area contributed by atoms with Crippen LogP contribution in [0.25, 0.3) is 0 Å². The number of halogens is 3. The Balaban J connectivity index is 1.76. The Morgan fingerprint density at radius 2 is 1.66 bits per heavy atom. The fourth-order valence-electron chi connectivity index (χ4n) is 2.82. The lowest BCUT2D eigenvalue weighted by atomic mass is 10.1. The molecule has 7 nitrogen and oxygen atoms in total. The summed E-state index contributed by atoms with van der Waals surface area (Å²) in [5.41, 5.74) is -0.652. The van der Waals surface area contributed by atoms with Crippen molar-refractivity contribution in [3.8, 4) is 0 Å². The number of carbonyl (C=O) groups excluding carboxylic acids is 2. The maximum Gasteiger partial charge on any atom is 0.416 e. The van der Waals surface area contributed by atoms with Gasteiger partial charge in [-0.15, -0.1) is 0 Å². The highest BCUT2D eigenvalue weighted by atomic mass is 19.4. The molecule has 1 aromatic rings. The van der Waals surface area contributed by atoms with E-state index in [1.54, 1.807) is 4.90 Å². The second-order valence-corrected chi connectivity index (χ2v) is 6.54. The van der Waals surface area contributed by atoms with Crippen molar-refractivity contribution >= 4 is 17.8 Å². The van der Waals surface area contributed by atoms with Crippen molar-refractivity contribution in [2.75, 3.05) is 39.3 Å². The second-order valence-electron chi connectivity index (χ2n) is 6.54. The van der Waals surface area contributed by atoms with Crippen molar-refractivity contribution in [2.45, 2.75) is 25.9 Å². The van der Waals surface area contributed by atoms with Gasteiger partial charge in [0.15, 0.2) is 5.96 Å². The molecule has 0 unspecified atom stereocenters. The molecule has 0 aromatic heterocycles. The first-order chi connectivity index (χ1) is 13.8. The van der Waals surface area contributed by atoms with E-state index < -0.39 is 17.6 Å². The Bertz CT molecular complexity index is 714. The first-order valence-corrected chi connectivity index (χ1v) is 9.56.